The van der Waals surface area contributed by atoms with Crippen molar-refractivity contribution >= 4 is 17.7 Å². The van der Waals surface area contributed by atoms with Crippen molar-refractivity contribution in [3.63, 3.8) is 0 Å². The van der Waals surface area contributed by atoms with Gasteiger partial charge in [-0.05, 0) is 49.7 Å². The van der Waals surface area contributed by atoms with Crippen molar-refractivity contribution in [3.05, 3.63) is 52.3 Å². The molecule has 0 saturated carbocycles. The molecule has 34 heavy (non-hydrogen) atoms. The number of rotatable bonds is 8. The normalized spacial score (nSPS) is 16.4. The maximum Gasteiger partial charge on any atom is 0.437 e. The first-order valence-electron chi connectivity index (χ1n) is 12.0. The number of Topliss-reactive ketones (excluding diaryl/α,β-unsaturated/α-hetero) is 1. The van der Waals surface area contributed by atoms with Crippen LogP contribution in [-0.2, 0) is 6.54 Å². The average Bonchev–Trinajstić information content (AvgIpc) is 3.17. The number of nitrogens with one attached hydrogen (secondary N) is 1. The fraction of sp³-hybridized carbons (Fsp3) is 0.560. The molecule has 0 bridgehead atoms. The third-order valence-electron chi connectivity index (χ3n) is 6.05. The van der Waals surface area contributed by atoms with Gasteiger partial charge in [-0.2, -0.15) is 9.16 Å². The zero-order chi connectivity index (χ0) is 24.9. The molecule has 1 saturated heterocycles. The van der Waals surface area contributed by atoms with Gasteiger partial charge in [0, 0.05) is 0 Å². The van der Waals surface area contributed by atoms with Crippen LogP contribution in [0.25, 0.3) is 0 Å². The second-order valence-electron chi connectivity index (χ2n) is 9.89. The number of aromatic nitrogens is 2. The monoisotopic (exact) mass is 471 g/mol. The minimum Gasteiger partial charge on any atom is -0.384 e. The fourth-order valence-electron chi connectivity index (χ4n) is 4.37. The molecule has 2 heterocycles. The smallest absolute Gasteiger partial charge is 0.384 e. The topological polar surface area (TPSA) is 111 Å². The van der Waals surface area contributed by atoms with Crippen LogP contribution in [0.4, 0.5) is 4.79 Å². The lowest BCUT2D eigenvalue weighted by molar-refractivity contribution is -0.773. The van der Waals surface area contributed by atoms with E-state index in [1.54, 1.807) is 24.3 Å². The third-order valence-corrected chi connectivity index (χ3v) is 6.05. The number of benzene rings is 1. The van der Waals surface area contributed by atoms with Crippen molar-refractivity contribution in [3.8, 4) is 0 Å². The minimum atomic E-state index is -0.960. The van der Waals surface area contributed by atoms with Crippen molar-refractivity contribution in [2.24, 2.45) is 11.8 Å². The van der Waals surface area contributed by atoms with Crippen LogP contribution >= 0.6 is 0 Å². The van der Waals surface area contributed by atoms with E-state index in [-0.39, 0.29) is 28.1 Å². The van der Waals surface area contributed by atoms with Gasteiger partial charge in [0.15, 0.2) is 0 Å². The molecule has 2 aromatic rings. The molecule has 1 N–H and O–H groups in total. The van der Waals surface area contributed by atoms with Gasteiger partial charge in [0.1, 0.15) is 6.04 Å². The van der Waals surface area contributed by atoms with E-state index in [1.165, 1.54) is 0 Å². The summed E-state index contributed by atoms with van der Waals surface area (Å²) in [6.07, 6.45) is 2.75. The molecule has 0 unspecified atom stereocenters. The van der Waals surface area contributed by atoms with Crippen LogP contribution in [0.3, 0.4) is 0 Å². The molecule has 9 heteroatoms. The molecule has 3 rings (SSSR count). The number of hydrogen-bond donors (Lipinski definition) is 1. The average molecular weight is 472 g/mol. The van der Waals surface area contributed by atoms with Gasteiger partial charge in [-0.3, -0.25) is 10.1 Å². The number of imide groups is 1. The number of piperidine rings is 1. The Morgan fingerprint density at radius 1 is 1.03 bits per heavy atom. The summed E-state index contributed by atoms with van der Waals surface area (Å²) in [6, 6.07) is 7.31. The number of nitrogens with zero attached hydrogens (tertiary/aromatic N) is 3. The Morgan fingerprint density at radius 2 is 1.68 bits per heavy atom. The van der Waals surface area contributed by atoms with Crippen LogP contribution in [0.15, 0.2) is 39.5 Å². The summed E-state index contributed by atoms with van der Waals surface area (Å²) in [5, 5.41) is 6.89. The molecule has 1 atom stereocenters. The van der Waals surface area contributed by atoms with E-state index in [4.69, 9.17) is 4.42 Å². The van der Waals surface area contributed by atoms with Crippen LogP contribution in [0, 0.1) is 11.8 Å². The van der Waals surface area contributed by atoms with Crippen LogP contribution < -0.4 is 11.1 Å². The Balaban J connectivity index is 1.89. The van der Waals surface area contributed by atoms with Crippen molar-refractivity contribution < 1.29 is 23.3 Å². The summed E-state index contributed by atoms with van der Waals surface area (Å²) >= 11 is 0. The number of ketones is 1. The first-order chi connectivity index (χ1) is 16.1. The second-order valence-corrected chi connectivity index (χ2v) is 9.89. The quantitative estimate of drug-likeness (QED) is 0.465. The zero-order valence-electron chi connectivity index (χ0n) is 20.5. The van der Waals surface area contributed by atoms with E-state index < -0.39 is 23.6 Å². The third kappa shape index (κ3) is 5.70. The van der Waals surface area contributed by atoms with Gasteiger partial charge >= 0.3 is 17.7 Å². The molecule has 3 amide bonds. The predicted octanol–water partition coefficient (Wildman–Crippen LogP) is 3.64. The molecule has 0 spiro atoms. The summed E-state index contributed by atoms with van der Waals surface area (Å²) in [5.74, 6) is -1.66. The van der Waals surface area contributed by atoms with Gasteiger partial charge in [-0.15, -0.1) is 5.10 Å². The number of amides is 3. The largest absolute Gasteiger partial charge is 0.437 e. The number of hydrogen-bond acceptors (Lipinski definition) is 6. The van der Waals surface area contributed by atoms with E-state index in [1.807, 2.05) is 33.8 Å². The summed E-state index contributed by atoms with van der Waals surface area (Å²) in [4.78, 5) is 52.6. The van der Waals surface area contributed by atoms with Gasteiger partial charge in [-0.1, -0.05) is 45.9 Å². The highest BCUT2D eigenvalue weighted by Gasteiger charge is 2.47. The summed E-state index contributed by atoms with van der Waals surface area (Å²) in [7, 11) is 0. The standard InChI is InChI=1S/C25H34N4O5/c1-17(2)15-20(21(30)22-27-28(16-18(3)4)25(33)34-22)26-24(32)29(13-9-6-10-14-29)23(31)19-11-7-5-8-12-19/h5,7-8,11-12,17-18,20H,6,9-10,13-16H2,1-4H3/p+1/t20-/m0/s1. The molecule has 0 aliphatic carbocycles. The summed E-state index contributed by atoms with van der Waals surface area (Å²) in [5.41, 5.74) is 0.463. The molecule has 1 aromatic heterocycles. The maximum atomic E-state index is 13.7. The lowest BCUT2D eigenvalue weighted by atomic mass is 9.99. The van der Waals surface area contributed by atoms with E-state index in [0.29, 0.717) is 31.6 Å². The Labute approximate surface area is 199 Å². The Bertz CT molecular complexity index is 1060. The van der Waals surface area contributed by atoms with E-state index >= 15 is 0 Å². The molecule has 184 valence electrons. The number of urea groups is 1. The van der Waals surface area contributed by atoms with Crippen molar-refractivity contribution in [1.29, 1.82) is 0 Å². The van der Waals surface area contributed by atoms with Crippen molar-refractivity contribution in [1.82, 2.24) is 15.1 Å². The fourth-order valence-corrected chi connectivity index (χ4v) is 4.37. The number of carbonyl (C=O) groups excluding carboxylic acids is 3. The molecule has 1 aliphatic rings. The van der Waals surface area contributed by atoms with Gasteiger partial charge in [0.25, 0.3) is 5.89 Å². The van der Waals surface area contributed by atoms with Crippen LogP contribution in [0.5, 0.6) is 0 Å². The second kappa shape index (κ2) is 10.9. The van der Waals surface area contributed by atoms with Crippen LogP contribution in [0.1, 0.15) is 74.4 Å². The maximum absolute atomic E-state index is 13.7. The molecular formula is C25H35N4O5+. The van der Waals surface area contributed by atoms with E-state index in [9.17, 15) is 19.2 Å². The van der Waals surface area contributed by atoms with Crippen LogP contribution in [-0.4, -0.2) is 51.1 Å². The van der Waals surface area contributed by atoms with E-state index in [2.05, 4.69) is 10.4 Å². The summed E-state index contributed by atoms with van der Waals surface area (Å²) in [6.45, 7) is 8.79. The molecule has 9 nitrogen and oxygen atoms in total. The highest BCUT2D eigenvalue weighted by Crippen LogP contribution is 2.24. The first kappa shape index (κ1) is 25.6. The zero-order valence-corrected chi connectivity index (χ0v) is 20.5. The molecule has 0 radical (unpaired) electrons. The molecule has 1 fully saturated rings. The Kier molecular flexibility index (Phi) is 8.19. The van der Waals surface area contributed by atoms with Crippen molar-refractivity contribution in [2.45, 2.75) is 66.0 Å². The highest BCUT2D eigenvalue weighted by atomic mass is 16.4. The Hall–Kier alpha value is -3.07. The molecular weight excluding hydrogens is 436 g/mol. The Morgan fingerprint density at radius 3 is 2.26 bits per heavy atom. The van der Waals surface area contributed by atoms with Gasteiger partial charge in [-0.25, -0.2) is 14.4 Å². The minimum absolute atomic E-state index is 0.0679. The lowest BCUT2D eigenvalue weighted by Crippen LogP contribution is -2.65. The molecule has 1 aliphatic heterocycles. The van der Waals surface area contributed by atoms with Gasteiger partial charge in [0.05, 0.1) is 25.2 Å². The first-order valence-corrected chi connectivity index (χ1v) is 12.0. The van der Waals surface area contributed by atoms with Crippen LogP contribution in [0.2, 0.25) is 0 Å². The van der Waals surface area contributed by atoms with Crippen molar-refractivity contribution in [2.75, 3.05) is 13.1 Å². The number of carbonyl (C=O) groups is 3. The summed E-state index contributed by atoms with van der Waals surface area (Å²) < 4.78 is 5.88. The SMILES string of the molecule is CC(C)C[C@H](NC(=O)[N+]1(C(=O)c2ccccc2)CCCCC1)C(=O)c1nn(CC(C)C)c(=O)o1. The predicted molar refractivity (Wildman–Crippen MR) is 126 cm³/mol. The van der Waals surface area contributed by atoms with Gasteiger partial charge < -0.3 is 4.42 Å². The lowest BCUT2D eigenvalue weighted by Gasteiger charge is -2.36. The number of likely N-dealkylation sites (tertiary alicyclic amines) is 1. The molecule has 1 aromatic carbocycles. The van der Waals surface area contributed by atoms with Gasteiger partial charge in [0.2, 0.25) is 5.78 Å². The number of quaternary nitrogens is 1. The highest BCUT2D eigenvalue weighted by molar-refractivity contribution is 6.00. The van der Waals surface area contributed by atoms with E-state index in [0.717, 1.165) is 23.9 Å².